The largest absolute Gasteiger partial charge is 0.352 e. The van der Waals surface area contributed by atoms with Gasteiger partial charge in [0.15, 0.2) is 0 Å². The van der Waals surface area contributed by atoms with Crippen LogP contribution in [0.1, 0.15) is 64.2 Å². The minimum Gasteiger partial charge on any atom is -0.352 e. The summed E-state index contributed by atoms with van der Waals surface area (Å²) in [5, 5.41) is 5.86. The van der Waals surface area contributed by atoms with Crippen LogP contribution in [0.25, 0.3) is 0 Å². The first-order valence-corrected chi connectivity index (χ1v) is 10.5. The van der Waals surface area contributed by atoms with Crippen LogP contribution in [0.3, 0.4) is 0 Å². The number of likely N-dealkylation sites (tertiary alicyclic amines) is 1. The van der Waals surface area contributed by atoms with Gasteiger partial charge in [-0.25, -0.2) is 0 Å². The molecule has 0 radical (unpaired) electrons. The van der Waals surface area contributed by atoms with Crippen LogP contribution in [0.2, 0.25) is 0 Å². The molecule has 1 saturated heterocycles. The quantitative estimate of drug-likeness (QED) is 0.769. The van der Waals surface area contributed by atoms with Gasteiger partial charge in [0.1, 0.15) is 6.04 Å². The lowest BCUT2D eigenvalue weighted by atomic mass is 9.87. The zero-order valence-corrected chi connectivity index (χ0v) is 18.3. The van der Waals surface area contributed by atoms with E-state index in [-0.39, 0.29) is 35.1 Å². The summed E-state index contributed by atoms with van der Waals surface area (Å²) in [6.07, 6.45) is 1.90. The molecule has 6 nitrogen and oxygen atoms in total. The van der Waals surface area contributed by atoms with Crippen molar-refractivity contribution in [2.45, 2.75) is 66.0 Å². The minimum atomic E-state index is -0.607. The summed E-state index contributed by atoms with van der Waals surface area (Å²) in [6, 6.07) is 8.32. The molecular weight excluding hydrogens is 366 g/mol. The molecule has 6 heteroatoms. The molecule has 1 aliphatic heterocycles. The number of amides is 3. The third kappa shape index (κ3) is 7.18. The summed E-state index contributed by atoms with van der Waals surface area (Å²) in [7, 11) is 0. The Hall–Kier alpha value is -2.37. The molecule has 2 rings (SSSR count). The first-order chi connectivity index (χ1) is 13.6. The second-order valence-electron chi connectivity index (χ2n) is 9.44. The molecule has 0 spiro atoms. The summed E-state index contributed by atoms with van der Waals surface area (Å²) < 4.78 is 0. The van der Waals surface area contributed by atoms with Gasteiger partial charge in [0, 0.05) is 31.1 Å². The maximum Gasteiger partial charge on any atom is 0.251 e. The van der Waals surface area contributed by atoms with Gasteiger partial charge < -0.3 is 15.5 Å². The summed E-state index contributed by atoms with van der Waals surface area (Å²) in [5.74, 6) is -0.253. The summed E-state index contributed by atoms with van der Waals surface area (Å²) in [5.41, 5.74) is 0.490. The first-order valence-electron chi connectivity index (χ1n) is 10.5. The third-order valence-corrected chi connectivity index (χ3v) is 5.08. The van der Waals surface area contributed by atoms with E-state index in [1.165, 1.54) is 0 Å². The van der Waals surface area contributed by atoms with Gasteiger partial charge in [-0.2, -0.15) is 0 Å². The third-order valence-electron chi connectivity index (χ3n) is 5.08. The van der Waals surface area contributed by atoms with Crippen molar-refractivity contribution in [2.24, 2.45) is 11.3 Å². The smallest absolute Gasteiger partial charge is 0.251 e. The predicted octanol–water partition coefficient (Wildman–Crippen LogP) is 2.98. The lowest BCUT2D eigenvalue weighted by Crippen LogP contribution is -2.54. The van der Waals surface area contributed by atoms with Crippen molar-refractivity contribution in [1.29, 1.82) is 0 Å². The zero-order chi connectivity index (χ0) is 21.6. The number of carbonyl (C=O) groups excluding carboxylic acids is 3. The number of benzene rings is 1. The van der Waals surface area contributed by atoms with E-state index in [2.05, 4.69) is 31.4 Å². The topological polar surface area (TPSA) is 78.5 Å². The molecule has 1 aliphatic rings. The van der Waals surface area contributed by atoms with Gasteiger partial charge in [-0.05, 0) is 50.2 Å². The van der Waals surface area contributed by atoms with E-state index in [1.807, 2.05) is 24.8 Å². The summed E-state index contributed by atoms with van der Waals surface area (Å²) >= 11 is 0. The van der Waals surface area contributed by atoms with Crippen LogP contribution in [0.15, 0.2) is 30.3 Å². The van der Waals surface area contributed by atoms with E-state index >= 15 is 0 Å². The van der Waals surface area contributed by atoms with Crippen LogP contribution in [0, 0.1) is 11.3 Å². The Balaban J connectivity index is 2.05. The number of rotatable bonds is 6. The molecule has 1 atom stereocenters. The monoisotopic (exact) mass is 401 g/mol. The molecule has 0 unspecified atom stereocenters. The predicted molar refractivity (Wildman–Crippen MR) is 114 cm³/mol. The van der Waals surface area contributed by atoms with Crippen molar-refractivity contribution in [1.82, 2.24) is 15.5 Å². The van der Waals surface area contributed by atoms with Gasteiger partial charge >= 0.3 is 0 Å². The highest BCUT2D eigenvalue weighted by Crippen LogP contribution is 2.25. The zero-order valence-electron chi connectivity index (χ0n) is 18.3. The van der Waals surface area contributed by atoms with Gasteiger partial charge in [-0.15, -0.1) is 0 Å². The van der Waals surface area contributed by atoms with Crippen molar-refractivity contribution in [2.75, 3.05) is 13.1 Å². The Bertz CT molecular complexity index is 702. The van der Waals surface area contributed by atoms with Crippen molar-refractivity contribution in [3.05, 3.63) is 35.9 Å². The van der Waals surface area contributed by atoms with Crippen molar-refractivity contribution >= 4 is 17.7 Å². The molecule has 0 aliphatic carbocycles. The molecule has 2 N–H and O–H groups in total. The van der Waals surface area contributed by atoms with Crippen LogP contribution < -0.4 is 10.6 Å². The van der Waals surface area contributed by atoms with Crippen LogP contribution in [0.4, 0.5) is 0 Å². The molecule has 3 amide bonds. The highest BCUT2D eigenvalue weighted by molar-refractivity contribution is 5.97. The Kier molecular flexibility index (Phi) is 7.82. The molecule has 29 heavy (non-hydrogen) atoms. The van der Waals surface area contributed by atoms with E-state index in [1.54, 1.807) is 24.3 Å². The van der Waals surface area contributed by atoms with Gasteiger partial charge in [0.05, 0.1) is 0 Å². The highest BCUT2D eigenvalue weighted by Gasteiger charge is 2.34. The molecule has 1 fully saturated rings. The lowest BCUT2D eigenvalue weighted by molar-refractivity contribution is -0.134. The molecule has 160 valence electrons. The SMILES string of the molecule is CC(C)NC(=O)[C@H](NC(=O)c1ccccc1)C1CCN(C(=O)CC(C)(C)C)CC1. The van der Waals surface area contributed by atoms with Gasteiger partial charge in [-0.3, -0.25) is 14.4 Å². The Labute approximate surface area is 174 Å². The molecule has 0 bridgehead atoms. The highest BCUT2D eigenvalue weighted by atomic mass is 16.2. The second-order valence-corrected chi connectivity index (χ2v) is 9.44. The van der Waals surface area contributed by atoms with E-state index < -0.39 is 6.04 Å². The molecular formula is C23H35N3O3. The number of piperidine rings is 1. The molecule has 0 saturated carbocycles. The minimum absolute atomic E-state index is 0.0000916. The summed E-state index contributed by atoms with van der Waals surface area (Å²) in [6.45, 7) is 11.2. The summed E-state index contributed by atoms with van der Waals surface area (Å²) in [4.78, 5) is 39.9. The number of nitrogens with zero attached hydrogens (tertiary/aromatic N) is 1. The lowest BCUT2D eigenvalue weighted by Gasteiger charge is -2.37. The first kappa shape index (κ1) is 22.9. The van der Waals surface area contributed by atoms with E-state index in [0.29, 0.717) is 37.9 Å². The molecule has 1 heterocycles. The fourth-order valence-corrected chi connectivity index (χ4v) is 3.63. The van der Waals surface area contributed by atoms with Crippen LogP contribution >= 0.6 is 0 Å². The van der Waals surface area contributed by atoms with E-state index in [0.717, 1.165) is 0 Å². The van der Waals surface area contributed by atoms with Gasteiger partial charge in [-0.1, -0.05) is 39.0 Å². The van der Waals surface area contributed by atoms with Gasteiger partial charge in [0.25, 0.3) is 5.91 Å². The Morgan fingerprint density at radius 2 is 1.62 bits per heavy atom. The van der Waals surface area contributed by atoms with Crippen molar-refractivity contribution < 1.29 is 14.4 Å². The van der Waals surface area contributed by atoms with Crippen LogP contribution in [-0.2, 0) is 9.59 Å². The normalized spacial score (nSPS) is 16.4. The number of nitrogens with one attached hydrogen (secondary N) is 2. The number of hydrogen-bond acceptors (Lipinski definition) is 3. The van der Waals surface area contributed by atoms with Crippen LogP contribution in [-0.4, -0.2) is 47.8 Å². The van der Waals surface area contributed by atoms with Gasteiger partial charge in [0.2, 0.25) is 11.8 Å². The Morgan fingerprint density at radius 3 is 2.14 bits per heavy atom. The van der Waals surface area contributed by atoms with Crippen molar-refractivity contribution in [3.8, 4) is 0 Å². The average molecular weight is 402 g/mol. The molecule has 1 aromatic rings. The second kappa shape index (κ2) is 9.90. The Morgan fingerprint density at radius 1 is 1.03 bits per heavy atom. The van der Waals surface area contributed by atoms with E-state index in [4.69, 9.17) is 0 Å². The molecule has 1 aromatic carbocycles. The maximum atomic E-state index is 12.8. The van der Waals surface area contributed by atoms with Crippen LogP contribution in [0.5, 0.6) is 0 Å². The fraction of sp³-hybridized carbons (Fsp3) is 0.609. The number of hydrogen-bond donors (Lipinski definition) is 2. The maximum absolute atomic E-state index is 12.8. The fourth-order valence-electron chi connectivity index (χ4n) is 3.63. The molecule has 0 aromatic heterocycles. The van der Waals surface area contributed by atoms with E-state index in [9.17, 15) is 14.4 Å². The standard InChI is InChI=1S/C23H35N3O3/c1-16(2)24-22(29)20(25-21(28)18-9-7-6-8-10-18)17-11-13-26(14-12-17)19(27)15-23(3,4)5/h6-10,16-17,20H,11-15H2,1-5H3,(H,24,29)(H,25,28)/t20-/m1/s1. The average Bonchev–Trinajstić information content (AvgIpc) is 2.64. The van der Waals surface area contributed by atoms with Crippen molar-refractivity contribution in [3.63, 3.8) is 0 Å². The number of carbonyl (C=O) groups is 3.